The summed E-state index contributed by atoms with van der Waals surface area (Å²) in [5.41, 5.74) is 8.17. The number of methoxy groups -OCH3 is 1. The van der Waals surface area contributed by atoms with Gasteiger partial charge in [0.05, 0.1) is 12.9 Å². The number of fused-ring (bicyclic) bond motifs is 1. The van der Waals surface area contributed by atoms with E-state index < -0.39 is 12.0 Å². The van der Waals surface area contributed by atoms with Crippen LogP contribution in [0.5, 0.6) is 0 Å². The van der Waals surface area contributed by atoms with Crippen LogP contribution < -0.4 is 5.73 Å². The summed E-state index contributed by atoms with van der Waals surface area (Å²) < 4.78 is 4.55. The van der Waals surface area contributed by atoms with Gasteiger partial charge in [0.1, 0.15) is 6.04 Å². The number of ether oxygens (including phenoxy) is 1. The molecule has 0 bridgehead atoms. The van der Waals surface area contributed by atoms with Gasteiger partial charge in [0.25, 0.3) is 0 Å². The van der Waals surface area contributed by atoms with Gasteiger partial charge in [-0.05, 0) is 17.5 Å². The summed E-state index contributed by atoms with van der Waals surface area (Å²) in [4.78, 5) is 25.2. The Kier molecular flexibility index (Phi) is 5.64. The lowest BCUT2D eigenvalue weighted by molar-refractivity contribution is -0.141. The van der Waals surface area contributed by atoms with Crippen molar-refractivity contribution in [2.24, 2.45) is 5.73 Å². The average Bonchev–Trinajstić information content (AvgIpc) is 2.53. The van der Waals surface area contributed by atoms with Gasteiger partial charge < -0.3 is 15.4 Å². The second kappa shape index (κ2) is 7.47. The van der Waals surface area contributed by atoms with Crippen molar-refractivity contribution in [3.05, 3.63) is 35.4 Å². The molecule has 2 N–H and O–H groups in total. The Morgan fingerprint density at radius 3 is 2.81 bits per heavy atom. The lowest BCUT2D eigenvalue weighted by atomic mass is 10.00. The van der Waals surface area contributed by atoms with Gasteiger partial charge >= 0.3 is 5.97 Å². The summed E-state index contributed by atoms with van der Waals surface area (Å²) in [5.74, 6) is 0.379. The molecule has 1 atom stereocenters. The molecule has 1 aliphatic rings. The van der Waals surface area contributed by atoms with E-state index in [0.29, 0.717) is 18.1 Å². The highest BCUT2D eigenvalue weighted by Gasteiger charge is 2.21. The zero-order valence-electron chi connectivity index (χ0n) is 12.1. The number of amides is 1. The Labute approximate surface area is 128 Å². The summed E-state index contributed by atoms with van der Waals surface area (Å²) in [7, 11) is 1.31. The molecule has 1 aromatic rings. The van der Waals surface area contributed by atoms with Gasteiger partial charge in [0.15, 0.2) is 0 Å². The molecule has 6 heteroatoms. The Morgan fingerprint density at radius 2 is 2.10 bits per heavy atom. The molecule has 0 saturated carbocycles. The van der Waals surface area contributed by atoms with Crippen molar-refractivity contribution in [2.75, 3.05) is 25.2 Å². The van der Waals surface area contributed by atoms with Crippen molar-refractivity contribution in [1.82, 2.24) is 4.90 Å². The molecule has 0 aliphatic carbocycles. The van der Waals surface area contributed by atoms with Crippen molar-refractivity contribution < 1.29 is 14.3 Å². The molecule has 1 heterocycles. The van der Waals surface area contributed by atoms with Crippen LogP contribution >= 0.6 is 11.8 Å². The molecular weight excluding hydrogens is 288 g/mol. The fraction of sp³-hybridized carbons (Fsp3) is 0.467. The maximum absolute atomic E-state index is 12.2. The van der Waals surface area contributed by atoms with Crippen molar-refractivity contribution in [3.8, 4) is 0 Å². The summed E-state index contributed by atoms with van der Waals surface area (Å²) in [6, 6.07) is 7.53. The van der Waals surface area contributed by atoms with E-state index in [1.165, 1.54) is 30.0 Å². The molecule has 0 fully saturated rings. The number of hydrogen-bond acceptors (Lipinski definition) is 5. The molecule has 0 saturated heterocycles. The second-order valence-corrected chi connectivity index (χ2v) is 6.01. The van der Waals surface area contributed by atoms with Crippen molar-refractivity contribution >= 4 is 23.6 Å². The van der Waals surface area contributed by atoms with E-state index in [1.807, 2.05) is 17.0 Å². The fourth-order valence-corrected chi connectivity index (χ4v) is 3.16. The molecule has 1 aliphatic heterocycles. The molecule has 0 spiro atoms. The minimum Gasteiger partial charge on any atom is -0.468 e. The molecule has 5 nitrogen and oxygen atoms in total. The van der Waals surface area contributed by atoms with Crippen LogP contribution in [-0.4, -0.2) is 48.0 Å². The highest BCUT2D eigenvalue weighted by Crippen LogP contribution is 2.19. The van der Waals surface area contributed by atoms with Gasteiger partial charge in [-0.15, -0.1) is 11.8 Å². The first-order chi connectivity index (χ1) is 10.1. The molecule has 2 rings (SSSR count). The minimum atomic E-state index is -0.671. The Morgan fingerprint density at radius 1 is 1.38 bits per heavy atom. The van der Waals surface area contributed by atoms with E-state index in [0.717, 1.165) is 13.0 Å². The molecule has 0 aromatic heterocycles. The van der Waals surface area contributed by atoms with Gasteiger partial charge in [0.2, 0.25) is 5.91 Å². The van der Waals surface area contributed by atoms with Crippen LogP contribution in [-0.2, 0) is 27.3 Å². The number of carbonyl (C=O) groups is 2. The van der Waals surface area contributed by atoms with Gasteiger partial charge in [-0.25, -0.2) is 0 Å². The van der Waals surface area contributed by atoms with E-state index in [-0.39, 0.29) is 5.91 Å². The SMILES string of the molecule is COC(=O)C(N)CSCC(=O)N1CCc2ccccc2C1. The number of nitrogens with two attached hydrogens (primary N) is 1. The summed E-state index contributed by atoms with van der Waals surface area (Å²) >= 11 is 1.37. The monoisotopic (exact) mass is 308 g/mol. The quantitative estimate of drug-likeness (QED) is 0.815. The lowest BCUT2D eigenvalue weighted by Crippen LogP contribution is -2.38. The molecule has 1 unspecified atom stereocenters. The van der Waals surface area contributed by atoms with Crippen LogP contribution in [0.15, 0.2) is 24.3 Å². The van der Waals surface area contributed by atoms with Gasteiger partial charge in [0, 0.05) is 18.8 Å². The van der Waals surface area contributed by atoms with Crippen LogP contribution in [0, 0.1) is 0 Å². The van der Waals surface area contributed by atoms with Crippen LogP contribution in [0.25, 0.3) is 0 Å². The number of esters is 1. The van der Waals surface area contributed by atoms with Crippen LogP contribution in [0.4, 0.5) is 0 Å². The molecular formula is C15H20N2O3S. The lowest BCUT2D eigenvalue weighted by Gasteiger charge is -2.28. The topological polar surface area (TPSA) is 72.6 Å². The first-order valence-electron chi connectivity index (χ1n) is 6.87. The number of thioether (sulfide) groups is 1. The molecule has 1 aromatic carbocycles. The molecule has 1 amide bonds. The first-order valence-corrected chi connectivity index (χ1v) is 8.03. The highest BCUT2D eigenvalue weighted by atomic mass is 32.2. The number of benzene rings is 1. The zero-order chi connectivity index (χ0) is 15.2. The van der Waals surface area contributed by atoms with Crippen LogP contribution in [0.3, 0.4) is 0 Å². The van der Waals surface area contributed by atoms with E-state index in [1.54, 1.807) is 0 Å². The number of carbonyl (C=O) groups excluding carboxylic acids is 2. The average molecular weight is 308 g/mol. The summed E-state index contributed by atoms with van der Waals surface area (Å²) in [6.45, 7) is 1.41. The zero-order valence-corrected chi connectivity index (χ0v) is 12.9. The van der Waals surface area contributed by atoms with Crippen molar-refractivity contribution in [2.45, 2.75) is 19.0 Å². The predicted octanol–water partition coefficient (Wildman–Crippen LogP) is 0.805. The second-order valence-electron chi connectivity index (χ2n) is 4.98. The first kappa shape index (κ1) is 15.9. The highest BCUT2D eigenvalue weighted by molar-refractivity contribution is 8.00. The van der Waals surface area contributed by atoms with Crippen LogP contribution in [0.2, 0.25) is 0 Å². The largest absolute Gasteiger partial charge is 0.468 e. The van der Waals surface area contributed by atoms with Crippen molar-refractivity contribution in [3.63, 3.8) is 0 Å². The van der Waals surface area contributed by atoms with Gasteiger partial charge in [-0.3, -0.25) is 9.59 Å². The minimum absolute atomic E-state index is 0.0894. The van der Waals surface area contributed by atoms with Gasteiger partial charge in [-0.2, -0.15) is 0 Å². The smallest absolute Gasteiger partial charge is 0.323 e. The van der Waals surface area contributed by atoms with E-state index >= 15 is 0 Å². The van der Waals surface area contributed by atoms with Gasteiger partial charge in [-0.1, -0.05) is 24.3 Å². The van der Waals surface area contributed by atoms with Crippen LogP contribution in [0.1, 0.15) is 11.1 Å². The number of hydrogen-bond donors (Lipinski definition) is 1. The van der Waals surface area contributed by atoms with E-state index in [2.05, 4.69) is 16.9 Å². The molecule has 0 radical (unpaired) electrons. The Hall–Kier alpha value is -1.53. The van der Waals surface area contributed by atoms with E-state index in [4.69, 9.17) is 5.73 Å². The van der Waals surface area contributed by atoms with Crippen molar-refractivity contribution in [1.29, 1.82) is 0 Å². The van der Waals surface area contributed by atoms with E-state index in [9.17, 15) is 9.59 Å². The molecule has 114 valence electrons. The normalized spacial score (nSPS) is 15.2. The number of nitrogens with zero attached hydrogens (tertiary/aromatic N) is 1. The third-order valence-electron chi connectivity index (χ3n) is 3.51. The Bertz CT molecular complexity index is 521. The standard InChI is InChI=1S/C15H20N2O3S/c1-20-15(19)13(16)9-21-10-14(18)17-7-6-11-4-2-3-5-12(11)8-17/h2-5,13H,6-10,16H2,1H3. The Balaban J connectivity index is 1.79. The maximum Gasteiger partial charge on any atom is 0.323 e. The number of rotatable bonds is 5. The predicted molar refractivity (Wildman–Crippen MR) is 82.9 cm³/mol. The maximum atomic E-state index is 12.2. The molecule has 21 heavy (non-hydrogen) atoms. The third kappa shape index (κ3) is 4.22. The fourth-order valence-electron chi connectivity index (χ4n) is 2.29. The summed E-state index contributed by atoms with van der Waals surface area (Å²) in [5, 5.41) is 0. The summed E-state index contributed by atoms with van der Waals surface area (Å²) in [6.07, 6.45) is 0.897. The third-order valence-corrected chi connectivity index (χ3v) is 4.56.